The summed E-state index contributed by atoms with van der Waals surface area (Å²) in [6.45, 7) is 4.02. The number of methoxy groups -OCH3 is 1. The van der Waals surface area contributed by atoms with E-state index in [0.717, 1.165) is 36.0 Å². The molecule has 0 spiro atoms. The van der Waals surface area contributed by atoms with Crippen LogP contribution in [-0.4, -0.2) is 25.0 Å². The van der Waals surface area contributed by atoms with E-state index in [-0.39, 0.29) is 17.7 Å². The standard InChI is InChI=1S/C23H25NO5S/c1-11-4-5-13(8-12(11)2)16-10-30-21(19(16)23(28)29-3)24-20(25)17-14-6-7-15(9-14)18(17)22(26)27/h4-5,8,10,14-15,17-18H,6-7,9H2,1-3H3,(H,24,25)(H,26,27)/p-1/t14-,15+,17+,18+/m1/s1. The lowest BCUT2D eigenvalue weighted by molar-refractivity contribution is -0.314. The van der Waals surface area contributed by atoms with Crippen LogP contribution in [0.2, 0.25) is 0 Å². The Morgan fingerprint density at radius 3 is 2.43 bits per heavy atom. The molecule has 2 aliphatic carbocycles. The minimum Gasteiger partial charge on any atom is -0.550 e. The summed E-state index contributed by atoms with van der Waals surface area (Å²) < 4.78 is 4.98. The number of aryl methyl sites for hydroxylation is 2. The fourth-order valence-electron chi connectivity index (χ4n) is 5.08. The molecular weight excluding hydrogens is 402 g/mol. The molecule has 0 radical (unpaired) electrons. The van der Waals surface area contributed by atoms with Crippen LogP contribution in [0.5, 0.6) is 0 Å². The van der Waals surface area contributed by atoms with Gasteiger partial charge in [-0.3, -0.25) is 4.79 Å². The quantitative estimate of drug-likeness (QED) is 0.741. The van der Waals surface area contributed by atoms with Crippen LogP contribution in [0.15, 0.2) is 23.6 Å². The van der Waals surface area contributed by atoms with Crippen molar-refractivity contribution in [2.24, 2.45) is 23.7 Å². The third-order valence-corrected chi connectivity index (χ3v) is 7.62. The highest BCUT2D eigenvalue weighted by Gasteiger charge is 2.51. The van der Waals surface area contributed by atoms with Crippen molar-refractivity contribution in [1.82, 2.24) is 0 Å². The van der Waals surface area contributed by atoms with Crippen molar-refractivity contribution >= 4 is 34.2 Å². The molecule has 0 unspecified atom stereocenters. The Hall–Kier alpha value is -2.67. The Morgan fingerprint density at radius 2 is 1.80 bits per heavy atom. The number of rotatable bonds is 5. The summed E-state index contributed by atoms with van der Waals surface area (Å²) in [6, 6.07) is 5.92. The van der Waals surface area contributed by atoms with Crippen molar-refractivity contribution in [2.75, 3.05) is 12.4 Å². The maximum absolute atomic E-state index is 13.1. The molecule has 7 heteroatoms. The fourth-order valence-corrected chi connectivity index (χ4v) is 6.04. The number of hydrogen-bond acceptors (Lipinski definition) is 6. The average Bonchev–Trinajstić information content (AvgIpc) is 3.43. The van der Waals surface area contributed by atoms with Crippen molar-refractivity contribution < 1.29 is 24.2 Å². The predicted molar refractivity (Wildman–Crippen MR) is 112 cm³/mol. The third-order valence-electron chi connectivity index (χ3n) is 6.73. The Kier molecular flexibility index (Phi) is 5.40. The zero-order chi connectivity index (χ0) is 21.6. The molecule has 1 aromatic carbocycles. The highest BCUT2D eigenvalue weighted by molar-refractivity contribution is 7.15. The fraction of sp³-hybridized carbons (Fsp3) is 0.435. The second-order valence-corrected chi connectivity index (χ2v) is 9.22. The molecule has 30 heavy (non-hydrogen) atoms. The van der Waals surface area contributed by atoms with Crippen molar-refractivity contribution in [3.8, 4) is 11.1 Å². The topological polar surface area (TPSA) is 95.5 Å². The normalized spacial score (nSPS) is 24.6. The number of carboxylic acids is 1. The summed E-state index contributed by atoms with van der Waals surface area (Å²) in [5, 5.41) is 16.7. The lowest BCUT2D eigenvalue weighted by Gasteiger charge is -2.30. The zero-order valence-corrected chi connectivity index (χ0v) is 18.0. The molecule has 2 aliphatic rings. The number of aliphatic carboxylic acids is 1. The average molecular weight is 427 g/mol. The molecule has 2 aromatic rings. The minimum absolute atomic E-state index is 0.00487. The summed E-state index contributed by atoms with van der Waals surface area (Å²) in [5.41, 5.74) is 4.09. The first-order chi connectivity index (χ1) is 14.3. The van der Waals surface area contributed by atoms with Gasteiger partial charge in [0.1, 0.15) is 10.6 Å². The van der Waals surface area contributed by atoms with Crippen LogP contribution in [0.3, 0.4) is 0 Å². The summed E-state index contributed by atoms with van der Waals surface area (Å²) in [6.07, 6.45) is 2.43. The van der Waals surface area contributed by atoms with E-state index in [0.29, 0.717) is 16.1 Å². The van der Waals surface area contributed by atoms with Gasteiger partial charge in [0.15, 0.2) is 0 Å². The molecule has 0 aliphatic heterocycles. The van der Waals surface area contributed by atoms with Gasteiger partial charge in [-0.05, 0) is 61.6 Å². The second-order valence-electron chi connectivity index (χ2n) is 8.34. The largest absolute Gasteiger partial charge is 0.550 e. The monoisotopic (exact) mass is 426 g/mol. The number of carbonyl (C=O) groups is 3. The molecule has 1 heterocycles. The van der Waals surface area contributed by atoms with Crippen molar-refractivity contribution in [3.05, 3.63) is 40.3 Å². The van der Waals surface area contributed by atoms with E-state index in [2.05, 4.69) is 5.32 Å². The highest BCUT2D eigenvalue weighted by atomic mass is 32.1. The van der Waals surface area contributed by atoms with E-state index in [1.807, 2.05) is 37.4 Å². The number of benzene rings is 1. The van der Waals surface area contributed by atoms with Gasteiger partial charge >= 0.3 is 5.97 Å². The number of amides is 1. The molecule has 0 saturated heterocycles. The van der Waals surface area contributed by atoms with Crippen LogP contribution in [0, 0.1) is 37.5 Å². The van der Waals surface area contributed by atoms with Gasteiger partial charge in [0.2, 0.25) is 5.91 Å². The van der Waals surface area contributed by atoms with Gasteiger partial charge in [-0.2, -0.15) is 0 Å². The van der Waals surface area contributed by atoms with Gasteiger partial charge in [-0.25, -0.2) is 4.79 Å². The number of nitrogens with one attached hydrogen (secondary N) is 1. The number of esters is 1. The lowest BCUT2D eigenvalue weighted by Crippen LogP contribution is -2.44. The van der Waals surface area contributed by atoms with Crippen molar-refractivity contribution in [3.63, 3.8) is 0 Å². The number of carboxylic acid groups (broad SMARTS) is 1. The van der Waals surface area contributed by atoms with E-state index >= 15 is 0 Å². The SMILES string of the molecule is COC(=O)c1c(-c2ccc(C)c(C)c2)csc1NC(=O)[C@H]1[C@@H]2CC[C@@H](C2)[C@@H]1C(=O)[O-]. The van der Waals surface area contributed by atoms with Gasteiger partial charge in [0.05, 0.1) is 7.11 Å². The molecule has 1 amide bonds. The summed E-state index contributed by atoms with van der Waals surface area (Å²) in [5.74, 6) is -3.36. The second kappa shape index (κ2) is 7.87. The van der Waals surface area contributed by atoms with Gasteiger partial charge in [0.25, 0.3) is 0 Å². The summed E-state index contributed by atoms with van der Waals surface area (Å²) in [4.78, 5) is 37.3. The smallest absolute Gasteiger partial charge is 0.341 e. The van der Waals surface area contributed by atoms with Gasteiger partial charge in [-0.1, -0.05) is 18.2 Å². The number of carbonyl (C=O) groups excluding carboxylic acids is 3. The van der Waals surface area contributed by atoms with E-state index in [1.54, 1.807) is 0 Å². The number of hydrogen-bond donors (Lipinski definition) is 1. The molecule has 2 fully saturated rings. The summed E-state index contributed by atoms with van der Waals surface area (Å²) >= 11 is 1.25. The highest BCUT2D eigenvalue weighted by Crippen LogP contribution is 2.52. The first-order valence-electron chi connectivity index (χ1n) is 10.1. The minimum atomic E-state index is -1.16. The van der Waals surface area contributed by atoms with Crippen molar-refractivity contribution in [2.45, 2.75) is 33.1 Å². The molecule has 1 N–H and O–H groups in total. The maximum Gasteiger partial charge on any atom is 0.341 e. The summed E-state index contributed by atoms with van der Waals surface area (Å²) in [7, 11) is 1.30. The van der Waals surface area contributed by atoms with Crippen LogP contribution in [0.4, 0.5) is 5.00 Å². The van der Waals surface area contributed by atoms with Crippen molar-refractivity contribution in [1.29, 1.82) is 0 Å². The molecule has 158 valence electrons. The first kappa shape index (κ1) is 20.6. The zero-order valence-electron chi connectivity index (χ0n) is 17.2. The molecule has 2 saturated carbocycles. The Bertz CT molecular complexity index is 1030. The van der Waals surface area contributed by atoms with E-state index < -0.39 is 23.8 Å². The molecule has 4 atom stereocenters. The maximum atomic E-state index is 13.1. The van der Waals surface area contributed by atoms with E-state index in [9.17, 15) is 19.5 Å². The van der Waals surface area contributed by atoms with Crippen LogP contribution >= 0.6 is 11.3 Å². The molecular formula is C23H24NO5S-. The van der Waals surface area contributed by atoms with E-state index in [1.165, 1.54) is 18.4 Å². The van der Waals surface area contributed by atoms with Crippen LogP contribution in [-0.2, 0) is 14.3 Å². The number of ether oxygens (including phenoxy) is 1. The van der Waals surface area contributed by atoms with Gasteiger partial charge in [-0.15, -0.1) is 11.3 Å². The first-order valence-corrected chi connectivity index (χ1v) is 11.0. The van der Waals surface area contributed by atoms with Gasteiger partial charge in [0, 0.05) is 28.7 Å². The van der Waals surface area contributed by atoms with E-state index in [4.69, 9.17) is 4.74 Å². The molecule has 2 bridgehead atoms. The Labute approximate surface area is 179 Å². The molecule has 6 nitrogen and oxygen atoms in total. The number of fused-ring (bicyclic) bond motifs is 2. The Morgan fingerprint density at radius 1 is 1.10 bits per heavy atom. The third kappa shape index (κ3) is 3.41. The lowest BCUT2D eigenvalue weighted by atomic mass is 9.78. The van der Waals surface area contributed by atoms with Crippen LogP contribution in [0.1, 0.15) is 40.7 Å². The Balaban J connectivity index is 1.67. The molecule has 1 aromatic heterocycles. The van der Waals surface area contributed by atoms with Gasteiger partial charge < -0.3 is 20.0 Å². The predicted octanol–water partition coefficient (Wildman–Crippen LogP) is 3.17. The van der Waals surface area contributed by atoms with Crippen LogP contribution < -0.4 is 10.4 Å². The number of thiophene rings is 1. The van der Waals surface area contributed by atoms with Crippen LogP contribution in [0.25, 0.3) is 11.1 Å². The molecule has 4 rings (SSSR count). The number of anilines is 1.